The van der Waals surface area contributed by atoms with Crippen LogP contribution < -0.4 is 0 Å². The van der Waals surface area contributed by atoms with E-state index in [1.165, 1.54) is 97.8 Å². The quantitative estimate of drug-likeness (QED) is 0.174. The number of rotatable bonds is 2. The second-order valence-electron chi connectivity index (χ2n) is 15.7. The molecule has 0 radical (unpaired) electrons. The zero-order chi connectivity index (χ0) is 31.8. The molecule has 0 aliphatic heterocycles. The van der Waals surface area contributed by atoms with Crippen LogP contribution >= 0.6 is 0 Å². The van der Waals surface area contributed by atoms with E-state index < -0.39 is 0 Å². The summed E-state index contributed by atoms with van der Waals surface area (Å²) in [5.41, 5.74) is 13.3. The van der Waals surface area contributed by atoms with Crippen molar-refractivity contribution >= 4 is 43.5 Å². The minimum Gasteiger partial charge on any atom is -0.456 e. The van der Waals surface area contributed by atoms with Crippen molar-refractivity contribution in [2.45, 2.75) is 37.5 Å². The summed E-state index contributed by atoms with van der Waals surface area (Å²) in [4.78, 5) is 0. The summed E-state index contributed by atoms with van der Waals surface area (Å²) >= 11 is 0. The van der Waals surface area contributed by atoms with Gasteiger partial charge in [-0.3, -0.25) is 0 Å². The van der Waals surface area contributed by atoms with E-state index in [1.807, 2.05) is 0 Å². The Hall–Kier alpha value is -5.14. The molecule has 13 rings (SSSR count). The number of hydrogen-bond donors (Lipinski definition) is 0. The number of hydrogen-bond acceptors (Lipinski definition) is 1. The number of fused-ring (bicyclic) bond motifs is 9. The van der Waals surface area contributed by atoms with Crippen molar-refractivity contribution in [2.24, 2.45) is 23.7 Å². The van der Waals surface area contributed by atoms with E-state index in [0.29, 0.717) is 0 Å². The van der Waals surface area contributed by atoms with Crippen molar-refractivity contribution < 1.29 is 4.42 Å². The Labute approximate surface area is 286 Å². The maximum atomic E-state index is 6.55. The lowest BCUT2D eigenvalue weighted by Crippen LogP contribution is -2.55. The van der Waals surface area contributed by atoms with Gasteiger partial charge < -0.3 is 4.42 Å². The monoisotopic (exact) mass is 628 g/mol. The molecule has 4 fully saturated rings. The summed E-state index contributed by atoms with van der Waals surface area (Å²) in [7, 11) is 0. The van der Waals surface area contributed by atoms with Gasteiger partial charge in [0.15, 0.2) is 0 Å². The molecular weight excluding hydrogens is 593 g/mol. The molecule has 0 amide bonds. The smallest absolute Gasteiger partial charge is 0.136 e. The molecule has 5 aliphatic rings. The first-order chi connectivity index (χ1) is 24.2. The first-order valence-electron chi connectivity index (χ1n) is 18.3. The summed E-state index contributed by atoms with van der Waals surface area (Å²) in [5, 5.41) is 7.53. The lowest BCUT2D eigenvalue weighted by molar-refractivity contribution is -0.0399. The first-order valence-corrected chi connectivity index (χ1v) is 18.3. The summed E-state index contributed by atoms with van der Waals surface area (Å²) in [6.45, 7) is 0. The molecule has 49 heavy (non-hydrogen) atoms. The Morgan fingerprint density at radius 2 is 1.12 bits per heavy atom. The second-order valence-corrected chi connectivity index (χ2v) is 15.7. The first kappa shape index (κ1) is 26.8. The fourth-order valence-electron chi connectivity index (χ4n) is 11.9. The van der Waals surface area contributed by atoms with E-state index in [-0.39, 0.29) is 5.41 Å². The molecule has 234 valence electrons. The van der Waals surface area contributed by atoms with Crippen LogP contribution in [0.4, 0.5) is 0 Å². The molecule has 0 saturated heterocycles. The van der Waals surface area contributed by atoms with Crippen LogP contribution in [0, 0.1) is 23.7 Å². The van der Waals surface area contributed by atoms with Crippen LogP contribution in [0.3, 0.4) is 0 Å². The topological polar surface area (TPSA) is 13.1 Å². The number of furan rings is 1. The molecule has 1 heteroatoms. The normalized spacial score (nSPS) is 24.8. The molecule has 1 heterocycles. The Kier molecular flexibility index (Phi) is 5.20. The van der Waals surface area contributed by atoms with Crippen molar-refractivity contribution in [1.82, 2.24) is 0 Å². The zero-order valence-electron chi connectivity index (χ0n) is 27.5. The van der Waals surface area contributed by atoms with Gasteiger partial charge in [0.1, 0.15) is 11.2 Å². The average Bonchev–Trinajstić information content (AvgIpc) is 3.67. The molecule has 7 aromatic carbocycles. The summed E-state index contributed by atoms with van der Waals surface area (Å²) in [5.74, 6) is 3.43. The van der Waals surface area contributed by atoms with Crippen LogP contribution in [0.25, 0.3) is 76.9 Å². The molecule has 0 unspecified atom stereocenters. The Balaban J connectivity index is 1.06. The van der Waals surface area contributed by atoms with E-state index in [9.17, 15) is 0 Å². The number of benzene rings is 7. The van der Waals surface area contributed by atoms with Crippen LogP contribution in [-0.2, 0) is 5.41 Å². The highest BCUT2D eigenvalue weighted by Gasteiger charge is 2.61. The largest absolute Gasteiger partial charge is 0.456 e. The molecule has 4 saturated carbocycles. The van der Waals surface area contributed by atoms with Gasteiger partial charge >= 0.3 is 0 Å². The van der Waals surface area contributed by atoms with Crippen molar-refractivity contribution in [1.29, 1.82) is 0 Å². The molecule has 1 aromatic heterocycles. The lowest BCUT2D eigenvalue weighted by atomic mass is 9.43. The van der Waals surface area contributed by atoms with E-state index in [0.717, 1.165) is 34.8 Å². The van der Waals surface area contributed by atoms with Gasteiger partial charge in [-0.1, -0.05) is 109 Å². The Morgan fingerprint density at radius 1 is 0.449 bits per heavy atom. The average molecular weight is 629 g/mol. The summed E-state index contributed by atoms with van der Waals surface area (Å²) < 4.78 is 6.55. The summed E-state index contributed by atoms with van der Waals surface area (Å²) in [6.07, 6.45) is 7.11. The highest BCUT2D eigenvalue weighted by atomic mass is 16.3. The third kappa shape index (κ3) is 3.46. The van der Waals surface area contributed by atoms with Crippen molar-refractivity contribution in [2.75, 3.05) is 0 Å². The van der Waals surface area contributed by atoms with Crippen LogP contribution in [0.5, 0.6) is 0 Å². The van der Waals surface area contributed by atoms with Crippen molar-refractivity contribution in [3.8, 4) is 33.4 Å². The SMILES string of the molecule is c1ccc2c(c1)-c1c(-c3ccc4oc5cccc(-c6ccc7c(ccc8ccccc87)c6)c5c4c3)cccc1C21C2CC3CC(C2)CC1C3. The van der Waals surface area contributed by atoms with Crippen LogP contribution in [0.1, 0.15) is 43.2 Å². The fourth-order valence-corrected chi connectivity index (χ4v) is 11.9. The minimum atomic E-state index is 0.177. The fraction of sp³-hybridized carbons (Fsp3) is 0.208. The molecule has 1 spiro atoms. The Morgan fingerprint density at radius 3 is 2.02 bits per heavy atom. The van der Waals surface area contributed by atoms with E-state index >= 15 is 0 Å². The molecule has 4 bridgehead atoms. The maximum absolute atomic E-state index is 6.55. The van der Waals surface area contributed by atoms with E-state index in [1.54, 1.807) is 11.1 Å². The van der Waals surface area contributed by atoms with Gasteiger partial charge in [0.25, 0.3) is 0 Å². The highest BCUT2D eigenvalue weighted by Crippen LogP contribution is 2.70. The Bertz CT molecular complexity index is 2660. The zero-order valence-corrected chi connectivity index (χ0v) is 27.5. The van der Waals surface area contributed by atoms with Gasteiger partial charge in [-0.2, -0.15) is 0 Å². The van der Waals surface area contributed by atoms with Crippen LogP contribution in [0.2, 0.25) is 0 Å². The lowest BCUT2D eigenvalue weighted by Gasteiger charge is -2.61. The van der Waals surface area contributed by atoms with Gasteiger partial charge in [-0.25, -0.2) is 0 Å². The molecule has 0 atom stereocenters. The van der Waals surface area contributed by atoms with Crippen LogP contribution in [0.15, 0.2) is 138 Å². The second kappa shape index (κ2) is 9.51. The predicted molar refractivity (Wildman–Crippen MR) is 203 cm³/mol. The molecular formula is C48H36O. The maximum Gasteiger partial charge on any atom is 0.136 e. The van der Waals surface area contributed by atoms with Gasteiger partial charge in [-0.05, 0) is 146 Å². The van der Waals surface area contributed by atoms with Gasteiger partial charge in [0.2, 0.25) is 0 Å². The van der Waals surface area contributed by atoms with E-state index in [4.69, 9.17) is 4.42 Å². The predicted octanol–water partition coefficient (Wildman–Crippen LogP) is 12.9. The van der Waals surface area contributed by atoms with Crippen LogP contribution in [-0.4, -0.2) is 0 Å². The summed E-state index contributed by atoms with van der Waals surface area (Å²) in [6, 6.07) is 50.3. The van der Waals surface area contributed by atoms with Gasteiger partial charge in [0.05, 0.1) is 0 Å². The molecule has 5 aliphatic carbocycles. The molecule has 8 aromatic rings. The third-order valence-electron chi connectivity index (χ3n) is 13.4. The van der Waals surface area contributed by atoms with Crippen molar-refractivity contribution in [3.63, 3.8) is 0 Å². The van der Waals surface area contributed by atoms with Gasteiger partial charge in [0, 0.05) is 16.2 Å². The molecule has 0 N–H and O–H groups in total. The minimum absolute atomic E-state index is 0.177. The van der Waals surface area contributed by atoms with Gasteiger partial charge in [-0.15, -0.1) is 0 Å². The van der Waals surface area contributed by atoms with Crippen molar-refractivity contribution in [3.05, 3.63) is 145 Å². The highest BCUT2D eigenvalue weighted by molar-refractivity contribution is 6.15. The third-order valence-corrected chi connectivity index (χ3v) is 13.4. The van der Waals surface area contributed by atoms with E-state index in [2.05, 4.69) is 133 Å². The standard InChI is InChI=1S/C48H36O/c1-2-8-36-30(7-1)15-16-31-26-32(17-19-37(31)36)39-11-6-14-45-47(39)41-27-33(18-20-44(41)49-45)38-10-5-13-43-46(38)40-9-3-4-12-42(40)48(43)34-22-28-21-29(24-34)25-35(48)23-28/h1-20,26-29,34-35H,21-25H2. The molecule has 1 nitrogen and oxygen atoms in total.